The second-order valence-electron chi connectivity index (χ2n) is 4.65. The van der Waals surface area contributed by atoms with Crippen LogP contribution in [0.5, 0.6) is 5.75 Å². The lowest BCUT2D eigenvalue weighted by Crippen LogP contribution is -2.25. The second kappa shape index (κ2) is 8.30. The van der Waals surface area contributed by atoms with Crippen molar-refractivity contribution in [1.29, 1.82) is 0 Å². The molecule has 0 heterocycles. The smallest absolute Gasteiger partial charge is 0.405 e. The van der Waals surface area contributed by atoms with Crippen molar-refractivity contribution in [3.05, 3.63) is 59.1 Å². The Morgan fingerprint density at radius 1 is 1.12 bits per heavy atom. The van der Waals surface area contributed by atoms with Gasteiger partial charge in [-0.15, -0.1) is 24.9 Å². The number of benzene rings is 2. The molecule has 1 N–H and O–H groups in total. The van der Waals surface area contributed by atoms with Gasteiger partial charge in [0.05, 0.1) is 10.8 Å². The average molecular weight is 376 g/mol. The Hall–Kier alpha value is -1.86. The third-order valence-corrected chi connectivity index (χ3v) is 4.38. The van der Waals surface area contributed by atoms with Gasteiger partial charge in [-0.3, -0.25) is 4.79 Å². The fourth-order valence-electron chi connectivity index (χ4n) is 1.82. The standard InChI is InChI=1S/C16H13ClF3NO2S/c17-12-6-2-4-8-14(12)24-10-15(22)21-9-11-5-1-3-7-13(11)23-16(18,19)20/h1-8H,9-10H2,(H,21,22). The third kappa shape index (κ3) is 5.98. The van der Waals surface area contributed by atoms with Crippen LogP contribution in [0, 0.1) is 0 Å². The van der Waals surface area contributed by atoms with Crippen LogP contribution < -0.4 is 10.1 Å². The van der Waals surface area contributed by atoms with Crippen LogP contribution >= 0.6 is 23.4 Å². The number of rotatable bonds is 6. The van der Waals surface area contributed by atoms with Crippen molar-refractivity contribution in [3.8, 4) is 5.75 Å². The van der Waals surface area contributed by atoms with E-state index in [1.165, 1.54) is 30.0 Å². The molecular formula is C16H13ClF3NO2S. The predicted molar refractivity (Wildman–Crippen MR) is 87.1 cm³/mol. The van der Waals surface area contributed by atoms with Gasteiger partial charge in [0.15, 0.2) is 0 Å². The Bertz CT molecular complexity index is 710. The van der Waals surface area contributed by atoms with Crippen molar-refractivity contribution in [3.63, 3.8) is 0 Å². The quantitative estimate of drug-likeness (QED) is 0.747. The number of carbonyl (C=O) groups is 1. The van der Waals surface area contributed by atoms with Crippen LogP contribution in [-0.4, -0.2) is 18.0 Å². The summed E-state index contributed by atoms with van der Waals surface area (Å²) in [7, 11) is 0. The zero-order valence-electron chi connectivity index (χ0n) is 12.3. The molecule has 0 aliphatic heterocycles. The Morgan fingerprint density at radius 2 is 1.79 bits per heavy atom. The second-order valence-corrected chi connectivity index (χ2v) is 6.08. The maximum atomic E-state index is 12.3. The monoisotopic (exact) mass is 375 g/mol. The highest BCUT2D eigenvalue weighted by Crippen LogP contribution is 2.27. The van der Waals surface area contributed by atoms with Gasteiger partial charge in [-0.2, -0.15) is 0 Å². The van der Waals surface area contributed by atoms with E-state index in [0.717, 1.165) is 4.90 Å². The summed E-state index contributed by atoms with van der Waals surface area (Å²) in [4.78, 5) is 12.6. The van der Waals surface area contributed by atoms with Crippen LogP contribution in [-0.2, 0) is 11.3 Å². The van der Waals surface area contributed by atoms with E-state index in [9.17, 15) is 18.0 Å². The summed E-state index contributed by atoms with van der Waals surface area (Å²) in [5, 5.41) is 3.11. The molecule has 0 atom stereocenters. The minimum Gasteiger partial charge on any atom is -0.405 e. The summed E-state index contributed by atoms with van der Waals surface area (Å²) in [6, 6.07) is 12.7. The molecule has 0 bridgehead atoms. The Labute approximate surface area is 146 Å². The number of nitrogens with one attached hydrogen (secondary N) is 1. The number of carbonyl (C=O) groups excluding carboxylic acids is 1. The highest BCUT2D eigenvalue weighted by Gasteiger charge is 2.31. The Morgan fingerprint density at radius 3 is 2.50 bits per heavy atom. The topological polar surface area (TPSA) is 38.3 Å². The molecule has 2 aromatic carbocycles. The summed E-state index contributed by atoms with van der Waals surface area (Å²) >= 11 is 7.24. The van der Waals surface area contributed by atoms with Gasteiger partial charge in [0.25, 0.3) is 0 Å². The van der Waals surface area contributed by atoms with E-state index in [0.29, 0.717) is 5.02 Å². The predicted octanol–water partition coefficient (Wildman–Crippen LogP) is 4.65. The maximum absolute atomic E-state index is 12.3. The number of ether oxygens (including phenoxy) is 1. The SMILES string of the molecule is O=C(CSc1ccccc1Cl)NCc1ccccc1OC(F)(F)F. The van der Waals surface area contributed by atoms with Crippen molar-refractivity contribution >= 4 is 29.3 Å². The summed E-state index contributed by atoms with van der Waals surface area (Å²) < 4.78 is 41.0. The first kappa shape index (κ1) is 18.5. The number of amides is 1. The van der Waals surface area contributed by atoms with Gasteiger partial charge in [-0.25, -0.2) is 0 Å². The molecule has 3 nitrogen and oxygen atoms in total. The zero-order chi connectivity index (χ0) is 17.6. The van der Waals surface area contributed by atoms with Gasteiger partial charge >= 0.3 is 6.36 Å². The first-order valence-corrected chi connectivity index (χ1v) is 8.19. The number of thioether (sulfide) groups is 1. The first-order valence-electron chi connectivity index (χ1n) is 6.83. The van der Waals surface area contributed by atoms with E-state index in [1.54, 1.807) is 30.3 Å². The molecule has 0 radical (unpaired) electrons. The lowest BCUT2D eigenvalue weighted by molar-refractivity contribution is -0.274. The molecule has 0 spiro atoms. The number of halogens is 4. The van der Waals surface area contributed by atoms with E-state index in [-0.39, 0.29) is 29.5 Å². The molecule has 0 saturated carbocycles. The van der Waals surface area contributed by atoms with Crippen LogP contribution in [0.3, 0.4) is 0 Å². The van der Waals surface area contributed by atoms with Gasteiger partial charge in [0, 0.05) is 17.0 Å². The Balaban J connectivity index is 1.89. The number of para-hydroxylation sites is 1. The Kier molecular flexibility index (Phi) is 6.39. The van der Waals surface area contributed by atoms with Crippen LogP contribution in [0.4, 0.5) is 13.2 Å². The lowest BCUT2D eigenvalue weighted by atomic mass is 10.2. The molecule has 0 unspecified atom stereocenters. The highest BCUT2D eigenvalue weighted by molar-refractivity contribution is 8.00. The summed E-state index contributed by atoms with van der Waals surface area (Å²) in [5.41, 5.74) is 0.242. The molecule has 1 amide bonds. The number of hydrogen-bond acceptors (Lipinski definition) is 3. The third-order valence-electron chi connectivity index (χ3n) is 2.87. The summed E-state index contributed by atoms with van der Waals surface area (Å²) in [6.45, 7) is -0.0613. The van der Waals surface area contributed by atoms with Crippen molar-refractivity contribution in [2.24, 2.45) is 0 Å². The molecule has 24 heavy (non-hydrogen) atoms. The fourth-order valence-corrected chi connectivity index (χ4v) is 2.89. The number of hydrogen-bond donors (Lipinski definition) is 1. The van der Waals surface area contributed by atoms with E-state index in [4.69, 9.17) is 11.6 Å². The molecule has 8 heteroatoms. The van der Waals surface area contributed by atoms with Gasteiger partial charge in [-0.05, 0) is 18.2 Å². The van der Waals surface area contributed by atoms with Crippen molar-refractivity contribution in [2.45, 2.75) is 17.8 Å². The lowest BCUT2D eigenvalue weighted by Gasteiger charge is -2.13. The van der Waals surface area contributed by atoms with E-state index in [2.05, 4.69) is 10.1 Å². The van der Waals surface area contributed by atoms with Crippen LogP contribution in [0.2, 0.25) is 5.02 Å². The van der Waals surface area contributed by atoms with E-state index < -0.39 is 6.36 Å². The molecule has 0 aromatic heterocycles. The fraction of sp³-hybridized carbons (Fsp3) is 0.188. The molecule has 0 fully saturated rings. The molecule has 2 aromatic rings. The maximum Gasteiger partial charge on any atom is 0.573 e. The van der Waals surface area contributed by atoms with Crippen LogP contribution in [0.1, 0.15) is 5.56 Å². The average Bonchev–Trinajstić information content (AvgIpc) is 2.52. The number of alkyl halides is 3. The van der Waals surface area contributed by atoms with E-state index >= 15 is 0 Å². The van der Waals surface area contributed by atoms with Gasteiger partial charge in [0.2, 0.25) is 5.91 Å². The minimum absolute atomic E-state index is 0.0613. The van der Waals surface area contributed by atoms with Crippen molar-refractivity contribution in [2.75, 3.05) is 5.75 Å². The van der Waals surface area contributed by atoms with Gasteiger partial charge < -0.3 is 10.1 Å². The summed E-state index contributed by atoms with van der Waals surface area (Å²) in [6.07, 6.45) is -4.78. The minimum atomic E-state index is -4.78. The molecule has 0 aliphatic carbocycles. The highest BCUT2D eigenvalue weighted by atomic mass is 35.5. The van der Waals surface area contributed by atoms with Crippen LogP contribution in [0.25, 0.3) is 0 Å². The van der Waals surface area contributed by atoms with Gasteiger partial charge in [-0.1, -0.05) is 41.9 Å². The van der Waals surface area contributed by atoms with Crippen molar-refractivity contribution in [1.82, 2.24) is 5.32 Å². The molecule has 0 saturated heterocycles. The normalized spacial score (nSPS) is 11.2. The largest absolute Gasteiger partial charge is 0.573 e. The molecule has 0 aliphatic rings. The van der Waals surface area contributed by atoms with Gasteiger partial charge in [0.1, 0.15) is 5.75 Å². The molecular weight excluding hydrogens is 363 g/mol. The van der Waals surface area contributed by atoms with Crippen LogP contribution in [0.15, 0.2) is 53.4 Å². The molecule has 128 valence electrons. The van der Waals surface area contributed by atoms with E-state index in [1.807, 2.05) is 0 Å². The zero-order valence-corrected chi connectivity index (χ0v) is 13.8. The van der Waals surface area contributed by atoms with Crippen molar-refractivity contribution < 1.29 is 22.7 Å². The first-order chi connectivity index (χ1) is 11.3. The summed E-state index contributed by atoms with van der Waals surface area (Å²) in [5.74, 6) is -0.544. The molecule has 2 rings (SSSR count).